The highest BCUT2D eigenvalue weighted by Crippen LogP contribution is 2.26. The van der Waals surface area contributed by atoms with E-state index in [0.717, 1.165) is 0 Å². The molecule has 7 heteroatoms. The monoisotopic (exact) mass is 292 g/mol. The van der Waals surface area contributed by atoms with E-state index >= 15 is 0 Å². The summed E-state index contributed by atoms with van der Waals surface area (Å²) in [6, 6.07) is 9.56. The molecule has 0 aromatic heterocycles. The first-order valence-corrected chi connectivity index (χ1v) is 5.89. The number of hydrogen-bond donors (Lipinski definition) is 2. The third kappa shape index (κ3) is 3.04. The Morgan fingerprint density at radius 1 is 1.25 bits per heavy atom. The number of carbonyl (C=O) groups is 1. The van der Waals surface area contributed by atoms with E-state index in [0.29, 0.717) is 5.69 Å². The molecule has 0 radical (unpaired) electrons. The van der Waals surface area contributed by atoms with Crippen LogP contribution in [0.2, 0.25) is 5.02 Å². The Kier molecular flexibility index (Phi) is 3.86. The van der Waals surface area contributed by atoms with Crippen LogP contribution in [-0.4, -0.2) is 15.9 Å². The van der Waals surface area contributed by atoms with Crippen LogP contribution in [0.5, 0.6) is 5.75 Å². The van der Waals surface area contributed by atoms with Gasteiger partial charge in [-0.25, -0.2) is 0 Å². The number of hydrogen-bond acceptors (Lipinski definition) is 4. The van der Waals surface area contributed by atoms with E-state index in [-0.39, 0.29) is 22.0 Å². The molecular formula is C13H9ClN2O4. The van der Waals surface area contributed by atoms with Gasteiger partial charge in [0.15, 0.2) is 0 Å². The van der Waals surface area contributed by atoms with Crippen LogP contribution in [0.25, 0.3) is 0 Å². The number of nitrogens with zero attached hydrogens (tertiary/aromatic N) is 1. The quantitative estimate of drug-likeness (QED) is 0.516. The first-order chi connectivity index (χ1) is 9.47. The highest BCUT2D eigenvalue weighted by Gasteiger charge is 2.12. The number of phenols is 1. The van der Waals surface area contributed by atoms with Gasteiger partial charge in [0.1, 0.15) is 5.75 Å². The summed E-state index contributed by atoms with van der Waals surface area (Å²) in [6.45, 7) is 0. The van der Waals surface area contributed by atoms with E-state index in [1.807, 2.05) is 0 Å². The van der Waals surface area contributed by atoms with E-state index in [1.54, 1.807) is 0 Å². The van der Waals surface area contributed by atoms with Gasteiger partial charge in [-0.15, -0.1) is 0 Å². The van der Waals surface area contributed by atoms with Crippen molar-refractivity contribution in [2.24, 2.45) is 0 Å². The Labute approximate surface area is 118 Å². The first kappa shape index (κ1) is 13.8. The fourth-order valence-corrected chi connectivity index (χ4v) is 1.73. The molecule has 0 saturated heterocycles. The predicted molar refractivity (Wildman–Crippen MR) is 74.2 cm³/mol. The van der Waals surface area contributed by atoms with Gasteiger partial charge in [-0.1, -0.05) is 17.7 Å². The summed E-state index contributed by atoms with van der Waals surface area (Å²) in [5.41, 5.74) is 0.370. The second kappa shape index (κ2) is 5.58. The maximum absolute atomic E-state index is 11.9. The highest BCUT2D eigenvalue weighted by atomic mass is 35.5. The molecule has 20 heavy (non-hydrogen) atoms. The van der Waals surface area contributed by atoms with Gasteiger partial charge in [-0.2, -0.15) is 0 Å². The number of nitro benzene ring substituents is 1. The molecule has 6 nitrogen and oxygen atoms in total. The standard InChI is InChI=1S/C13H9ClN2O4/c14-11-7-9(4-5-12(11)17)15-13(18)8-2-1-3-10(6-8)16(19)20/h1-7,17H,(H,15,18). The minimum absolute atomic E-state index is 0.0972. The molecule has 0 aliphatic carbocycles. The Bertz CT molecular complexity index is 688. The number of nitrogens with one attached hydrogen (secondary N) is 1. The number of rotatable bonds is 3. The number of nitro groups is 1. The molecule has 0 fully saturated rings. The lowest BCUT2D eigenvalue weighted by atomic mass is 10.2. The smallest absolute Gasteiger partial charge is 0.270 e. The molecule has 1 amide bonds. The van der Waals surface area contributed by atoms with Gasteiger partial charge in [0.05, 0.1) is 9.95 Å². The number of halogens is 1. The molecule has 0 atom stereocenters. The van der Waals surface area contributed by atoms with Gasteiger partial charge in [0.25, 0.3) is 11.6 Å². The van der Waals surface area contributed by atoms with Crippen molar-refractivity contribution in [3.63, 3.8) is 0 Å². The molecule has 0 aliphatic heterocycles. The van der Waals surface area contributed by atoms with Gasteiger partial charge in [-0.05, 0) is 24.3 Å². The molecule has 0 saturated carbocycles. The molecule has 2 N–H and O–H groups in total. The van der Waals surface area contributed by atoms with Gasteiger partial charge >= 0.3 is 0 Å². The Morgan fingerprint density at radius 2 is 2.00 bits per heavy atom. The predicted octanol–water partition coefficient (Wildman–Crippen LogP) is 3.21. The number of anilines is 1. The average molecular weight is 293 g/mol. The van der Waals surface area contributed by atoms with Crippen LogP contribution in [0.15, 0.2) is 42.5 Å². The van der Waals surface area contributed by atoms with Crippen molar-refractivity contribution in [1.29, 1.82) is 0 Å². The van der Waals surface area contributed by atoms with Crippen molar-refractivity contribution in [2.45, 2.75) is 0 Å². The lowest BCUT2D eigenvalue weighted by molar-refractivity contribution is -0.384. The molecule has 0 aliphatic rings. The van der Waals surface area contributed by atoms with Crippen molar-refractivity contribution < 1.29 is 14.8 Å². The van der Waals surface area contributed by atoms with Crippen molar-refractivity contribution in [1.82, 2.24) is 0 Å². The summed E-state index contributed by atoms with van der Waals surface area (Å²) in [7, 11) is 0. The zero-order chi connectivity index (χ0) is 14.7. The molecule has 2 aromatic rings. The van der Waals surface area contributed by atoms with Gasteiger partial charge in [0.2, 0.25) is 0 Å². The van der Waals surface area contributed by atoms with Crippen LogP contribution < -0.4 is 5.32 Å². The largest absolute Gasteiger partial charge is 0.506 e. The van der Waals surface area contributed by atoms with Gasteiger partial charge in [0, 0.05) is 23.4 Å². The zero-order valence-electron chi connectivity index (χ0n) is 10.0. The van der Waals surface area contributed by atoms with E-state index < -0.39 is 10.8 Å². The minimum Gasteiger partial charge on any atom is -0.506 e. The highest BCUT2D eigenvalue weighted by molar-refractivity contribution is 6.32. The number of benzene rings is 2. The Hall–Kier alpha value is -2.60. The Morgan fingerprint density at radius 3 is 2.65 bits per heavy atom. The number of non-ortho nitro benzene ring substituents is 1. The summed E-state index contributed by atoms with van der Waals surface area (Å²) in [5.74, 6) is -0.601. The summed E-state index contributed by atoms with van der Waals surface area (Å²) >= 11 is 5.72. The van der Waals surface area contributed by atoms with Crippen LogP contribution in [0, 0.1) is 10.1 Å². The van der Waals surface area contributed by atoms with Gasteiger partial charge in [-0.3, -0.25) is 14.9 Å². The van der Waals surface area contributed by atoms with Crippen molar-refractivity contribution >= 4 is 28.9 Å². The molecule has 2 rings (SSSR count). The van der Waals surface area contributed by atoms with E-state index in [1.165, 1.54) is 42.5 Å². The normalized spacial score (nSPS) is 10.1. The van der Waals surface area contributed by atoms with Crippen LogP contribution in [0.3, 0.4) is 0 Å². The SMILES string of the molecule is O=C(Nc1ccc(O)c(Cl)c1)c1cccc([N+](=O)[O-])c1. The average Bonchev–Trinajstić information content (AvgIpc) is 2.43. The van der Waals surface area contributed by atoms with Crippen LogP contribution in [-0.2, 0) is 0 Å². The van der Waals surface area contributed by atoms with Crippen LogP contribution >= 0.6 is 11.6 Å². The second-order valence-corrected chi connectivity index (χ2v) is 4.33. The molecule has 0 unspecified atom stereocenters. The fourth-order valence-electron chi connectivity index (χ4n) is 1.55. The van der Waals surface area contributed by atoms with E-state index in [9.17, 15) is 20.0 Å². The molecular weight excluding hydrogens is 284 g/mol. The lowest BCUT2D eigenvalue weighted by Gasteiger charge is -2.06. The number of phenolic OH excluding ortho intramolecular Hbond substituents is 1. The van der Waals surface area contributed by atoms with E-state index in [2.05, 4.69) is 5.32 Å². The maximum atomic E-state index is 11.9. The molecule has 0 heterocycles. The summed E-state index contributed by atoms with van der Waals surface area (Å²) in [4.78, 5) is 22.0. The van der Waals surface area contributed by atoms with Gasteiger partial charge < -0.3 is 10.4 Å². The zero-order valence-corrected chi connectivity index (χ0v) is 10.8. The number of amides is 1. The third-order valence-corrected chi connectivity index (χ3v) is 2.83. The third-order valence-electron chi connectivity index (χ3n) is 2.52. The molecule has 2 aromatic carbocycles. The molecule has 0 spiro atoms. The molecule has 0 bridgehead atoms. The van der Waals surface area contributed by atoms with Crippen molar-refractivity contribution in [2.75, 3.05) is 5.32 Å². The maximum Gasteiger partial charge on any atom is 0.270 e. The Balaban J connectivity index is 2.21. The summed E-state index contributed by atoms with van der Waals surface area (Å²) in [5, 5.41) is 22.6. The van der Waals surface area contributed by atoms with Crippen LogP contribution in [0.1, 0.15) is 10.4 Å². The molecule has 102 valence electrons. The van der Waals surface area contributed by atoms with E-state index in [4.69, 9.17) is 11.6 Å². The summed E-state index contributed by atoms with van der Waals surface area (Å²) in [6.07, 6.45) is 0. The van der Waals surface area contributed by atoms with Crippen molar-refractivity contribution in [3.05, 3.63) is 63.2 Å². The summed E-state index contributed by atoms with van der Waals surface area (Å²) < 4.78 is 0. The lowest BCUT2D eigenvalue weighted by Crippen LogP contribution is -2.12. The minimum atomic E-state index is -0.575. The first-order valence-electron chi connectivity index (χ1n) is 5.51. The van der Waals surface area contributed by atoms with Crippen LogP contribution in [0.4, 0.5) is 11.4 Å². The number of carbonyl (C=O) groups excluding carboxylic acids is 1. The number of aromatic hydroxyl groups is 1. The topological polar surface area (TPSA) is 92.5 Å². The second-order valence-electron chi connectivity index (χ2n) is 3.93. The van der Waals surface area contributed by atoms with Crippen molar-refractivity contribution in [3.8, 4) is 5.75 Å². The fraction of sp³-hybridized carbons (Fsp3) is 0.